The predicted octanol–water partition coefficient (Wildman–Crippen LogP) is 4.43. The van der Waals surface area contributed by atoms with Crippen molar-refractivity contribution in [1.82, 2.24) is 14.8 Å². The normalized spacial score (nSPS) is 12.2. The Labute approximate surface area is 156 Å². The van der Waals surface area contributed by atoms with Gasteiger partial charge in [0.25, 0.3) is 0 Å². The van der Waals surface area contributed by atoms with Gasteiger partial charge in [-0.1, -0.05) is 18.5 Å². The van der Waals surface area contributed by atoms with Crippen molar-refractivity contribution in [3.8, 4) is 5.69 Å². The van der Waals surface area contributed by atoms with E-state index in [9.17, 15) is 9.50 Å². The number of nitrogens with one attached hydrogen (secondary N) is 1. The summed E-state index contributed by atoms with van der Waals surface area (Å²) in [5.74, 6) is 0.116. The van der Waals surface area contributed by atoms with Crippen molar-refractivity contribution in [2.45, 2.75) is 32.8 Å². The molecule has 0 bridgehead atoms. The van der Waals surface area contributed by atoms with Gasteiger partial charge in [0.05, 0.1) is 11.8 Å². The third-order valence-corrected chi connectivity index (χ3v) is 4.18. The topological polar surface area (TPSA) is 63.0 Å². The van der Waals surface area contributed by atoms with E-state index in [-0.39, 0.29) is 0 Å². The van der Waals surface area contributed by atoms with E-state index in [2.05, 4.69) is 15.4 Å². The summed E-state index contributed by atoms with van der Waals surface area (Å²) < 4.78 is 15.3. The van der Waals surface area contributed by atoms with Crippen molar-refractivity contribution in [1.29, 1.82) is 0 Å². The molecule has 7 heteroatoms. The Kier molecular flexibility index (Phi) is 5.54. The zero-order valence-corrected chi connectivity index (χ0v) is 15.3. The first-order valence-electron chi connectivity index (χ1n) is 8.37. The van der Waals surface area contributed by atoms with Crippen molar-refractivity contribution < 1.29 is 9.50 Å². The van der Waals surface area contributed by atoms with Crippen molar-refractivity contribution in [3.05, 3.63) is 64.8 Å². The maximum atomic E-state index is 13.6. The summed E-state index contributed by atoms with van der Waals surface area (Å²) >= 11 is 5.91. The van der Waals surface area contributed by atoms with Crippen molar-refractivity contribution in [3.63, 3.8) is 0 Å². The molecule has 0 fully saturated rings. The molecular weight excluding hydrogens is 355 g/mol. The number of hydrogen-bond donors (Lipinski definition) is 2. The SMILES string of the molecule is CC[C@@H](O)Cc1cc(Nc2cc(F)cc(Cl)c2)nn1-c1ccnc(C)c1. The van der Waals surface area contributed by atoms with Crippen LogP contribution in [-0.2, 0) is 6.42 Å². The number of benzene rings is 1. The second-order valence-corrected chi connectivity index (χ2v) is 6.57. The summed E-state index contributed by atoms with van der Waals surface area (Å²) in [6.45, 7) is 3.83. The molecule has 0 saturated carbocycles. The van der Waals surface area contributed by atoms with E-state index < -0.39 is 11.9 Å². The van der Waals surface area contributed by atoms with Gasteiger partial charge in [-0.2, -0.15) is 0 Å². The smallest absolute Gasteiger partial charge is 0.153 e. The fraction of sp³-hybridized carbons (Fsp3) is 0.263. The van der Waals surface area contributed by atoms with E-state index in [4.69, 9.17) is 11.6 Å². The van der Waals surface area contributed by atoms with Crippen molar-refractivity contribution >= 4 is 23.1 Å². The van der Waals surface area contributed by atoms with Crippen LogP contribution in [0.15, 0.2) is 42.6 Å². The van der Waals surface area contributed by atoms with Gasteiger partial charge in [-0.15, -0.1) is 5.10 Å². The molecule has 3 aromatic rings. The van der Waals surface area contributed by atoms with E-state index in [0.29, 0.717) is 29.4 Å². The Balaban J connectivity index is 1.97. The highest BCUT2D eigenvalue weighted by Gasteiger charge is 2.14. The summed E-state index contributed by atoms with van der Waals surface area (Å²) in [6.07, 6.45) is 2.34. The zero-order valence-electron chi connectivity index (χ0n) is 14.6. The third-order valence-electron chi connectivity index (χ3n) is 3.96. The first kappa shape index (κ1) is 18.4. The fourth-order valence-corrected chi connectivity index (χ4v) is 2.89. The molecule has 0 amide bonds. The van der Waals surface area contributed by atoms with Crippen LogP contribution in [-0.4, -0.2) is 26.0 Å². The van der Waals surface area contributed by atoms with Crippen LogP contribution in [0, 0.1) is 12.7 Å². The average molecular weight is 375 g/mol. The van der Waals surface area contributed by atoms with Crippen molar-refractivity contribution in [2.24, 2.45) is 0 Å². The molecule has 5 nitrogen and oxygen atoms in total. The summed E-state index contributed by atoms with van der Waals surface area (Å²) in [4.78, 5) is 4.20. The first-order chi connectivity index (χ1) is 12.4. The van der Waals surface area contributed by atoms with E-state index in [1.165, 1.54) is 12.1 Å². The summed E-state index contributed by atoms with van der Waals surface area (Å²) in [5, 5.41) is 18.0. The molecule has 0 aliphatic carbocycles. The van der Waals surface area contributed by atoms with Crippen LogP contribution in [0.3, 0.4) is 0 Å². The summed E-state index contributed by atoms with van der Waals surface area (Å²) in [5.41, 5.74) is 3.07. The summed E-state index contributed by atoms with van der Waals surface area (Å²) in [6, 6.07) is 9.83. The number of aromatic nitrogens is 3. The predicted molar refractivity (Wildman–Crippen MR) is 101 cm³/mol. The Hall–Kier alpha value is -2.44. The lowest BCUT2D eigenvalue weighted by molar-refractivity contribution is 0.169. The molecule has 0 spiro atoms. The van der Waals surface area contributed by atoms with Crippen LogP contribution >= 0.6 is 11.6 Å². The molecule has 1 aromatic carbocycles. The van der Waals surface area contributed by atoms with Crippen LogP contribution < -0.4 is 5.32 Å². The molecule has 2 heterocycles. The van der Waals surface area contributed by atoms with Gasteiger partial charge < -0.3 is 10.4 Å². The maximum absolute atomic E-state index is 13.6. The van der Waals surface area contributed by atoms with Gasteiger partial charge in [0.1, 0.15) is 5.82 Å². The fourth-order valence-electron chi connectivity index (χ4n) is 2.67. The Bertz CT molecular complexity index is 892. The van der Waals surface area contributed by atoms with Crippen LogP contribution in [0.25, 0.3) is 5.69 Å². The number of halogens is 2. The minimum absolute atomic E-state index is 0.304. The standard InChI is InChI=1S/C19H20ClFN4O/c1-3-18(26)10-17-11-19(23-15-8-13(20)7-14(21)9-15)24-25(17)16-4-5-22-12(2)6-16/h4-9,11,18,26H,3,10H2,1-2H3,(H,23,24)/t18-/m1/s1. The van der Waals surface area contributed by atoms with Crippen molar-refractivity contribution in [2.75, 3.05) is 5.32 Å². The van der Waals surface area contributed by atoms with Crippen LogP contribution in [0.1, 0.15) is 24.7 Å². The number of aliphatic hydroxyl groups is 1. The Morgan fingerprint density at radius 3 is 2.77 bits per heavy atom. The molecule has 2 aromatic heterocycles. The van der Waals surface area contributed by atoms with Gasteiger partial charge in [0.15, 0.2) is 5.82 Å². The molecule has 3 rings (SSSR count). The van der Waals surface area contributed by atoms with E-state index in [1.54, 1.807) is 16.9 Å². The lowest BCUT2D eigenvalue weighted by Gasteiger charge is -2.10. The van der Waals surface area contributed by atoms with Gasteiger partial charge in [0, 0.05) is 40.8 Å². The molecule has 1 atom stereocenters. The monoisotopic (exact) mass is 374 g/mol. The third kappa shape index (κ3) is 4.39. The molecule has 0 aliphatic rings. The van der Waals surface area contributed by atoms with Gasteiger partial charge in [-0.05, 0) is 43.7 Å². The number of hydrogen-bond acceptors (Lipinski definition) is 4. The summed E-state index contributed by atoms with van der Waals surface area (Å²) in [7, 11) is 0. The molecule has 2 N–H and O–H groups in total. The molecule has 0 saturated heterocycles. The first-order valence-corrected chi connectivity index (χ1v) is 8.75. The zero-order chi connectivity index (χ0) is 18.7. The molecule has 0 radical (unpaired) electrons. The van der Waals surface area contributed by atoms with E-state index >= 15 is 0 Å². The number of anilines is 2. The van der Waals surface area contributed by atoms with Gasteiger partial charge in [-0.25, -0.2) is 9.07 Å². The number of aryl methyl sites for hydroxylation is 1. The van der Waals surface area contributed by atoms with Gasteiger partial charge >= 0.3 is 0 Å². The highest BCUT2D eigenvalue weighted by atomic mass is 35.5. The minimum Gasteiger partial charge on any atom is -0.393 e. The molecule has 26 heavy (non-hydrogen) atoms. The highest BCUT2D eigenvalue weighted by molar-refractivity contribution is 6.30. The average Bonchev–Trinajstić information content (AvgIpc) is 2.96. The number of aliphatic hydroxyl groups excluding tert-OH is 1. The Morgan fingerprint density at radius 1 is 1.27 bits per heavy atom. The maximum Gasteiger partial charge on any atom is 0.153 e. The quantitative estimate of drug-likeness (QED) is 0.670. The van der Waals surface area contributed by atoms with E-state index in [1.807, 2.05) is 32.0 Å². The number of pyridine rings is 1. The molecule has 136 valence electrons. The van der Waals surface area contributed by atoms with Gasteiger partial charge in [0.2, 0.25) is 0 Å². The minimum atomic E-state index is -0.468. The lowest BCUT2D eigenvalue weighted by atomic mass is 10.1. The van der Waals surface area contributed by atoms with Crippen LogP contribution in [0.5, 0.6) is 0 Å². The largest absolute Gasteiger partial charge is 0.393 e. The Morgan fingerprint density at radius 2 is 2.08 bits per heavy atom. The molecule has 0 aliphatic heterocycles. The molecular formula is C19H20ClFN4O. The van der Waals surface area contributed by atoms with E-state index in [0.717, 1.165) is 17.1 Å². The molecule has 0 unspecified atom stereocenters. The number of nitrogens with zero attached hydrogens (tertiary/aromatic N) is 3. The van der Waals surface area contributed by atoms with Gasteiger partial charge in [-0.3, -0.25) is 4.98 Å². The second-order valence-electron chi connectivity index (χ2n) is 6.14. The highest BCUT2D eigenvalue weighted by Crippen LogP contribution is 2.24. The number of rotatable bonds is 6. The second kappa shape index (κ2) is 7.85. The van der Waals surface area contributed by atoms with Crippen LogP contribution in [0.4, 0.5) is 15.9 Å². The van der Waals surface area contributed by atoms with Crippen LogP contribution in [0.2, 0.25) is 5.02 Å². The lowest BCUT2D eigenvalue weighted by Crippen LogP contribution is -2.12.